The molecule has 4 nitrogen and oxygen atoms in total. The third-order valence-electron chi connectivity index (χ3n) is 1.94. The molecule has 0 bridgehead atoms. The number of benzene rings is 1. The smallest absolute Gasteiger partial charge is 0.339 e. The van der Waals surface area contributed by atoms with Gasteiger partial charge in [-0.15, -0.1) is 11.6 Å². The van der Waals surface area contributed by atoms with Crippen LogP contribution in [0.15, 0.2) is 12.1 Å². The number of nitrogens with zero attached hydrogens (tertiary/aromatic N) is 1. The fraction of sp³-hybridized carbons (Fsp3) is 0.273. The highest BCUT2D eigenvalue weighted by Crippen LogP contribution is 2.24. The Morgan fingerprint density at radius 2 is 2.31 bits per heavy atom. The number of phenols is 1. The molecule has 0 aliphatic heterocycles. The lowest BCUT2D eigenvalue weighted by Gasteiger charge is -2.07. The summed E-state index contributed by atoms with van der Waals surface area (Å²) < 4.78 is 4.78. The molecule has 0 amide bonds. The number of aromatic hydroxyl groups is 1. The van der Waals surface area contributed by atoms with Crippen LogP contribution in [0.5, 0.6) is 5.75 Å². The summed E-state index contributed by atoms with van der Waals surface area (Å²) >= 11 is 5.60. The Labute approximate surface area is 98.0 Å². The lowest BCUT2D eigenvalue weighted by atomic mass is 10.0. The monoisotopic (exact) mass is 239 g/mol. The van der Waals surface area contributed by atoms with Gasteiger partial charge in [-0.2, -0.15) is 5.26 Å². The number of carbonyl (C=O) groups is 1. The van der Waals surface area contributed by atoms with Crippen molar-refractivity contribution in [1.29, 1.82) is 5.26 Å². The maximum Gasteiger partial charge on any atom is 0.339 e. The molecule has 0 saturated carbocycles. The minimum absolute atomic E-state index is 0.0417. The van der Waals surface area contributed by atoms with Crippen molar-refractivity contribution in [2.45, 2.75) is 12.8 Å². The Morgan fingerprint density at radius 1 is 1.62 bits per heavy atom. The second-order valence-electron chi connectivity index (χ2n) is 3.00. The van der Waals surface area contributed by atoms with Crippen molar-refractivity contribution >= 4 is 17.6 Å². The number of nitriles is 1. The highest BCUT2D eigenvalue weighted by Gasteiger charge is 2.17. The van der Waals surface area contributed by atoms with Crippen LogP contribution in [0.1, 0.15) is 28.4 Å². The van der Waals surface area contributed by atoms with E-state index in [4.69, 9.17) is 21.6 Å². The van der Waals surface area contributed by atoms with Crippen molar-refractivity contribution in [3.05, 3.63) is 28.8 Å². The van der Waals surface area contributed by atoms with E-state index < -0.39 is 5.97 Å². The molecule has 16 heavy (non-hydrogen) atoms. The summed E-state index contributed by atoms with van der Waals surface area (Å²) in [5.74, 6) is -0.754. The van der Waals surface area contributed by atoms with Gasteiger partial charge in [-0.3, -0.25) is 0 Å². The fourth-order valence-electron chi connectivity index (χ4n) is 1.25. The molecular formula is C11H10ClNO3. The van der Waals surface area contributed by atoms with E-state index in [1.54, 1.807) is 13.0 Å². The minimum atomic E-state index is -0.638. The van der Waals surface area contributed by atoms with Crippen LogP contribution in [0, 0.1) is 11.3 Å². The second-order valence-corrected chi connectivity index (χ2v) is 3.27. The lowest BCUT2D eigenvalue weighted by molar-refractivity contribution is 0.0525. The largest absolute Gasteiger partial charge is 0.507 e. The predicted molar refractivity (Wildman–Crippen MR) is 58.3 cm³/mol. The average molecular weight is 240 g/mol. The number of esters is 1. The molecule has 1 N–H and O–H groups in total. The second kappa shape index (κ2) is 5.38. The van der Waals surface area contributed by atoms with Crippen LogP contribution >= 0.6 is 11.6 Å². The van der Waals surface area contributed by atoms with Crippen LogP contribution in [0.4, 0.5) is 0 Å². The van der Waals surface area contributed by atoms with Crippen LogP contribution in [-0.2, 0) is 10.6 Å². The maximum absolute atomic E-state index is 11.5. The SMILES string of the molecule is CCOC(=O)c1cc(CCl)cc(O)c1C#N. The van der Waals surface area contributed by atoms with Crippen molar-refractivity contribution < 1.29 is 14.6 Å². The molecule has 0 aliphatic rings. The van der Waals surface area contributed by atoms with Gasteiger partial charge in [-0.05, 0) is 24.6 Å². The van der Waals surface area contributed by atoms with Gasteiger partial charge in [-0.25, -0.2) is 4.79 Å². The van der Waals surface area contributed by atoms with Gasteiger partial charge in [0.25, 0.3) is 0 Å². The van der Waals surface area contributed by atoms with Gasteiger partial charge in [0.15, 0.2) is 0 Å². The van der Waals surface area contributed by atoms with E-state index in [0.717, 1.165) is 0 Å². The molecule has 0 saturated heterocycles. The van der Waals surface area contributed by atoms with E-state index in [1.165, 1.54) is 12.1 Å². The Bertz CT molecular complexity index is 451. The summed E-state index contributed by atoms with van der Waals surface area (Å²) in [7, 11) is 0. The van der Waals surface area contributed by atoms with Crippen molar-refractivity contribution in [3.8, 4) is 11.8 Å². The van der Waals surface area contributed by atoms with Gasteiger partial charge < -0.3 is 9.84 Å². The molecule has 0 fully saturated rings. The number of hydrogen-bond acceptors (Lipinski definition) is 4. The van der Waals surface area contributed by atoms with E-state index in [-0.39, 0.29) is 29.4 Å². The molecular weight excluding hydrogens is 230 g/mol. The zero-order valence-corrected chi connectivity index (χ0v) is 9.41. The molecule has 0 aromatic heterocycles. The molecule has 1 aromatic carbocycles. The van der Waals surface area contributed by atoms with Gasteiger partial charge in [0, 0.05) is 5.88 Å². The van der Waals surface area contributed by atoms with E-state index in [2.05, 4.69) is 0 Å². The van der Waals surface area contributed by atoms with Gasteiger partial charge in [0.05, 0.1) is 12.2 Å². The molecule has 1 aromatic rings. The Balaban J connectivity index is 3.29. The summed E-state index contributed by atoms with van der Waals surface area (Å²) in [6.07, 6.45) is 0. The topological polar surface area (TPSA) is 70.3 Å². The first kappa shape index (κ1) is 12.3. The summed E-state index contributed by atoms with van der Waals surface area (Å²) in [5.41, 5.74) is 0.508. The molecule has 0 spiro atoms. The van der Waals surface area contributed by atoms with Crippen LogP contribution in [0.2, 0.25) is 0 Å². The zero-order chi connectivity index (χ0) is 12.1. The highest BCUT2D eigenvalue weighted by atomic mass is 35.5. The molecule has 5 heteroatoms. The third kappa shape index (κ3) is 2.44. The first-order valence-electron chi connectivity index (χ1n) is 4.63. The summed E-state index contributed by atoms with van der Waals surface area (Å²) in [4.78, 5) is 11.5. The number of phenolic OH excluding ortho intramolecular Hbond substituents is 1. The van der Waals surface area contributed by atoms with Gasteiger partial charge in [-0.1, -0.05) is 0 Å². The predicted octanol–water partition coefficient (Wildman–Crippen LogP) is 2.18. The molecule has 1 rings (SSSR count). The van der Waals surface area contributed by atoms with Gasteiger partial charge >= 0.3 is 5.97 Å². The molecule has 0 radical (unpaired) electrons. The Kier molecular flexibility index (Phi) is 4.15. The Hall–Kier alpha value is -1.73. The van der Waals surface area contributed by atoms with E-state index >= 15 is 0 Å². The van der Waals surface area contributed by atoms with E-state index in [9.17, 15) is 9.90 Å². The van der Waals surface area contributed by atoms with Crippen molar-refractivity contribution in [1.82, 2.24) is 0 Å². The highest BCUT2D eigenvalue weighted by molar-refractivity contribution is 6.17. The number of hydrogen-bond donors (Lipinski definition) is 1. The van der Waals surface area contributed by atoms with Crippen LogP contribution in [0.25, 0.3) is 0 Å². The molecule has 0 aliphatic carbocycles. The standard InChI is InChI=1S/C11H10ClNO3/c1-2-16-11(15)8-3-7(5-12)4-10(14)9(8)6-13/h3-4,14H,2,5H2,1H3. The molecule has 0 atom stereocenters. The maximum atomic E-state index is 11.5. The van der Waals surface area contributed by atoms with Crippen molar-refractivity contribution in [2.75, 3.05) is 6.61 Å². The van der Waals surface area contributed by atoms with Crippen molar-refractivity contribution in [2.24, 2.45) is 0 Å². The Morgan fingerprint density at radius 3 is 2.81 bits per heavy atom. The number of halogens is 1. The first-order chi connectivity index (χ1) is 7.63. The molecule has 84 valence electrons. The third-order valence-corrected chi connectivity index (χ3v) is 2.25. The number of carbonyl (C=O) groups excluding carboxylic acids is 1. The summed E-state index contributed by atoms with van der Waals surface area (Å²) in [5, 5.41) is 18.4. The zero-order valence-electron chi connectivity index (χ0n) is 8.66. The number of rotatable bonds is 3. The van der Waals surface area contributed by atoms with Crippen LogP contribution in [0.3, 0.4) is 0 Å². The summed E-state index contributed by atoms with van der Waals surface area (Å²) in [6, 6.07) is 4.56. The molecule has 0 unspecified atom stereocenters. The van der Waals surface area contributed by atoms with Crippen LogP contribution in [-0.4, -0.2) is 17.7 Å². The normalized spacial score (nSPS) is 9.56. The number of ether oxygens (including phenoxy) is 1. The quantitative estimate of drug-likeness (QED) is 0.648. The van der Waals surface area contributed by atoms with Gasteiger partial charge in [0.2, 0.25) is 0 Å². The minimum Gasteiger partial charge on any atom is -0.507 e. The number of alkyl halides is 1. The van der Waals surface area contributed by atoms with E-state index in [1.807, 2.05) is 0 Å². The van der Waals surface area contributed by atoms with Gasteiger partial charge in [0.1, 0.15) is 17.4 Å². The fourth-order valence-corrected chi connectivity index (χ4v) is 1.40. The first-order valence-corrected chi connectivity index (χ1v) is 5.16. The van der Waals surface area contributed by atoms with Crippen LogP contribution < -0.4 is 0 Å². The van der Waals surface area contributed by atoms with E-state index in [0.29, 0.717) is 5.56 Å². The van der Waals surface area contributed by atoms with Crippen molar-refractivity contribution in [3.63, 3.8) is 0 Å². The summed E-state index contributed by atoms with van der Waals surface area (Å²) in [6.45, 7) is 1.87. The average Bonchev–Trinajstić information content (AvgIpc) is 2.28. The lowest BCUT2D eigenvalue weighted by Crippen LogP contribution is -2.07. The molecule has 0 heterocycles.